The SMILES string of the molecule is C[C@H]1CCCN(Cc2c(O)ccc3c2O/C(=C\c2cccc([N+](=O)[O-])c2)C3=O)C1. The number of fused-ring (bicyclic) bond motifs is 1. The summed E-state index contributed by atoms with van der Waals surface area (Å²) >= 11 is 0. The number of aromatic hydroxyl groups is 1. The fourth-order valence-corrected chi connectivity index (χ4v) is 3.98. The maximum absolute atomic E-state index is 12.8. The van der Waals surface area contributed by atoms with Crippen molar-refractivity contribution in [2.45, 2.75) is 26.3 Å². The van der Waals surface area contributed by atoms with Gasteiger partial charge in [-0.15, -0.1) is 0 Å². The third-order valence-electron chi connectivity index (χ3n) is 5.42. The summed E-state index contributed by atoms with van der Waals surface area (Å²) in [6.07, 6.45) is 3.80. The average Bonchev–Trinajstić information content (AvgIpc) is 3.00. The molecule has 1 N–H and O–H groups in total. The molecule has 2 aromatic rings. The molecule has 1 atom stereocenters. The molecule has 0 bridgehead atoms. The van der Waals surface area contributed by atoms with Gasteiger partial charge in [-0.3, -0.25) is 19.8 Å². The zero-order valence-corrected chi connectivity index (χ0v) is 16.1. The lowest BCUT2D eigenvalue weighted by Gasteiger charge is -2.31. The number of rotatable bonds is 4. The summed E-state index contributed by atoms with van der Waals surface area (Å²) in [6.45, 7) is 4.60. The minimum Gasteiger partial charge on any atom is -0.507 e. The number of carbonyl (C=O) groups is 1. The molecule has 0 radical (unpaired) electrons. The molecule has 2 aliphatic heterocycles. The highest BCUT2D eigenvalue weighted by atomic mass is 16.6. The van der Waals surface area contributed by atoms with Crippen molar-refractivity contribution in [3.8, 4) is 11.5 Å². The number of hydrogen-bond acceptors (Lipinski definition) is 6. The Hall–Kier alpha value is -3.19. The van der Waals surface area contributed by atoms with Crippen LogP contribution in [0.5, 0.6) is 11.5 Å². The minimum atomic E-state index is -0.482. The highest BCUT2D eigenvalue weighted by Gasteiger charge is 2.32. The monoisotopic (exact) mass is 394 g/mol. The highest BCUT2D eigenvalue weighted by Crippen LogP contribution is 2.40. The molecule has 0 aliphatic carbocycles. The predicted molar refractivity (Wildman–Crippen MR) is 108 cm³/mol. The van der Waals surface area contributed by atoms with Crippen LogP contribution in [0.25, 0.3) is 6.08 Å². The number of piperidine rings is 1. The van der Waals surface area contributed by atoms with Crippen LogP contribution in [-0.2, 0) is 6.54 Å². The fourth-order valence-electron chi connectivity index (χ4n) is 3.98. The van der Waals surface area contributed by atoms with Gasteiger partial charge in [0.2, 0.25) is 5.78 Å². The second kappa shape index (κ2) is 7.67. The van der Waals surface area contributed by atoms with Crippen molar-refractivity contribution in [3.05, 3.63) is 69.0 Å². The van der Waals surface area contributed by atoms with E-state index in [1.165, 1.54) is 30.7 Å². The third-order valence-corrected chi connectivity index (χ3v) is 5.42. The minimum absolute atomic E-state index is 0.0557. The molecule has 4 rings (SSSR count). The lowest BCUT2D eigenvalue weighted by molar-refractivity contribution is -0.384. The molecule has 0 aromatic heterocycles. The smallest absolute Gasteiger partial charge is 0.270 e. The van der Waals surface area contributed by atoms with Crippen LogP contribution in [0.3, 0.4) is 0 Å². The number of ether oxygens (including phenoxy) is 1. The van der Waals surface area contributed by atoms with Crippen molar-refractivity contribution < 1.29 is 19.6 Å². The zero-order valence-electron chi connectivity index (χ0n) is 16.1. The van der Waals surface area contributed by atoms with Crippen LogP contribution >= 0.6 is 0 Å². The van der Waals surface area contributed by atoms with E-state index in [1.54, 1.807) is 18.2 Å². The van der Waals surface area contributed by atoms with Crippen LogP contribution in [0.2, 0.25) is 0 Å². The van der Waals surface area contributed by atoms with Gasteiger partial charge in [-0.25, -0.2) is 0 Å². The van der Waals surface area contributed by atoms with Gasteiger partial charge in [0, 0.05) is 25.2 Å². The molecule has 7 nitrogen and oxygen atoms in total. The predicted octanol–water partition coefficient (Wildman–Crippen LogP) is 4.15. The van der Waals surface area contributed by atoms with Gasteiger partial charge in [0.1, 0.15) is 11.5 Å². The number of allylic oxidation sites excluding steroid dienone is 1. The van der Waals surface area contributed by atoms with Gasteiger partial charge >= 0.3 is 0 Å². The Morgan fingerprint density at radius 1 is 1.34 bits per heavy atom. The Morgan fingerprint density at radius 3 is 2.93 bits per heavy atom. The average molecular weight is 394 g/mol. The maximum Gasteiger partial charge on any atom is 0.270 e. The van der Waals surface area contributed by atoms with E-state index in [0.29, 0.717) is 34.9 Å². The van der Waals surface area contributed by atoms with Gasteiger partial charge in [-0.2, -0.15) is 0 Å². The van der Waals surface area contributed by atoms with Gasteiger partial charge in [0.25, 0.3) is 5.69 Å². The first-order valence-electron chi connectivity index (χ1n) is 9.68. The number of Topliss-reactive ketones (excluding diaryl/α,β-unsaturated/α-hetero) is 1. The van der Waals surface area contributed by atoms with E-state index in [4.69, 9.17) is 4.74 Å². The summed E-state index contributed by atoms with van der Waals surface area (Å²) in [5.41, 5.74) is 1.46. The van der Waals surface area contributed by atoms with E-state index < -0.39 is 4.92 Å². The van der Waals surface area contributed by atoms with Crippen molar-refractivity contribution >= 4 is 17.5 Å². The second-order valence-electron chi connectivity index (χ2n) is 7.71. The van der Waals surface area contributed by atoms with Gasteiger partial charge in [0.05, 0.1) is 16.1 Å². The molecule has 150 valence electrons. The first kappa shape index (κ1) is 19.1. The molecule has 1 fully saturated rings. The summed E-state index contributed by atoms with van der Waals surface area (Å²) in [6, 6.07) is 9.10. The normalized spacial score (nSPS) is 20.5. The largest absolute Gasteiger partial charge is 0.507 e. The number of carbonyl (C=O) groups excluding carboxylic acids is 1. The molecule has 2 aromatic carbocycles. The second-order valence-corrected chi connectivity index (χ2v) is 7.71. The Balaban J connectivity index is 1.64. The summed E-state index contributed by atoms with van der Waals surface area (Å²) in [5, 5.41) is 21.4. The van der Waals surface area contributed by atoms with Crippen LogP contribution in [0.4, 0.5) is 5.69 Å². The van der Waals surface area contributed by atoms with Crippen molar-refractivity contribution in [2.75, 3.05) is 13.1 Å². The van der Waals surface area contributed by atoms with Gasteiger partial charge in [-0.05, 0) is 49.1 Å². The number of benzene rings is 2. The first-order valence-corrected chi connectivity index (χ1v) is 9.68. The van der Waals surface area contributed by atoms with E-state index in [0.717, 1.165) is 19.5 Å². The number of phenolic OH excluding ortho intramolecular Hbond substituents is 1. The van der Waals surface area contributed by atoms with E-state index in [1.807, 2.05) is 0 Å². The van der Waals surface area contributed by atoms with Crippen molar-refractivity contribution in [3.63, 3.8) is 0 Å². The number of non-ortho nitro benzene ring substituents is 1. The fraction of sp³-hybridized carbons (Fsp3) is 0.318. The molecule has 0 unspecified atom stereocenters. The molecule has 2 heterocycles. The standard InChI is InChI=1S/C22H22N2O5/c1-14-4-3-9-23(12-14)13-18-19(25)8-7-17-21(26)20(29-22(17)18)11-15-5-2-6-16(10-15)24(27)28/h2,5-8,10-11,14,25H,3-4,9,12-13H2,1H3/b20-11-/t14-/m0/s1. The molecule has 29 heavy (non-hydrogen) atoms. The van der Waals surface area contributed by atoms with Gasteiger partial charge in [0.15, 0.2) is 5.76 Å². The quantitative estimate of drug-likeness (QED) is 0.476. The molecule has 0 amide bonds. The van der Waals surface area contributed by atoms with E-state index in [2.05, 4.69) is 11.8 Å². The number of phenols is 1. The van der Waals surface area contributed by atoms with Gasteiger partial charge < -0.3 is 9.84 Å². The summed E-state index contributed by atoms with van der Waals surface area (Å²) in [4.78, 5) is 25.6. The Labute approximate surface area is 168 Å². The highest BCUT2D eigenvalue weighted by molar-refractivity contribution is 6.15. The molecule has 0 saturated carbocycles. The lowest BCUT2D eigenvalue weighted by atomic mass is 9.99. The summed E-state index contributed by atoms with van der Waals surface area (Å²) in [7, 11) is 0. The summed E-state index contributed by atoms with van der Waals surface area (Å²) in [5.74, 6) is 0.880. The summed E-state index contributed by atoms with van der Waals surface area (Å²) < 4.78 is 5.86. The number of nitro groups is 1. The molecular weight excluding hydrogens is 372 g/mol. The molecular formula is C22H22N2O5. The number of hydrogen-bond donors (Lipinski definition) is 1. The molecule has 0 spiro atoms. The van der Waals surface area contributed by atoms with Crippen LogP contribution in [0.15, 0.2) is 42.2 Å². The van der Waals surface area contributed by atoms with E-state index >= 15 is 0 Å². The lowest BCUT2D eigenvalue weighted by Crippen LogP contribution is -2.33. The number of ketones is 1. The number of nitrogens with zero attached hydrogens (tertiary/aromatic N) is 2. The van der Waals surface area contributed by atoms with Crippen LogP contribution < -0.4 is 4.74 Å². The Kier molecular flexibility index (Phi) is 5.07. The van der Waals surface area contributed by atoms with Crippen LogP contribution in [-0.4, -0.2) is 33.8 Å². The van der Waals surface area contributed by atoms with Crippen LogP contribution in [0.1, 0.15) is 41.3 Å². The Bertz CT molecular complexity index is 1010. The van der Waals surface area contributed by atoms with Crippen LogP contribution in [0, 0.1) is 16.0 Å². The first-order chi connectivity index (χ1) is 13.9. The topological polar surface area (TPSA) is 92.9 Å². The van der Waals surface area contributed by atoms with E-state index in [-0.39, 0.29) is 23.0 Å². The molecule has 1 saturated heterocycles. The zero-order chi connectivity index (χ0) is 20.5. The third kappa shape index (κ3) is 3.86. The number of likely N-dealkylation sites (tertiary alicyclic amines) is 1. The molecule has 7 heteroatoms. The van der Waals surface area contributed by atoms with Gasteiger partial charge in [-0.1, -0.05) is 19.1 Å². The Morgan fingerprint density at radius 2 is 2.17 bits per heavy atom. The van der Waals surface area contributed by atoms with Crippen molar-refractivity contribution in [1.29, 1.82) is 0 Å². The van der Waals surface area contributed by atoms with Crippen molar-refractivity contribution in [2.24, 2.45) is 5.92 Å². The maximum atomic E-state index is 12.8. The molecule has 2 aliphatic rings. The van der Waals surface area contributed by atoms with Crippen molar-refractivity contribution in [1.82, 2.24) is 4.90 Å². The van der Waals surface area contributed by atoms with E-state index in [9.17, 15) is 20.0 Å². The number of nitro benzene ring substituents is 1.